The van der Waals surface area contributed by atoms with Gasteiger partial charge in [-0.1, -0.05) is 18.2 Å². The zero-order valence-corrected chi connectivity index (χ0v) is 15.9. The van der Waals surface area contributed by atoms with Crippen LogP contribution in [-0.4, -0.2) is 32.5 Å². The Morgan fingerprint density at radius 2 is 2.17 bits per heavy atom. The number of benzene rings is 1. The van der Waals surface area contributed by atoms with Crippen LogP contribution in [0.2, 0.25) is 0 Å². The van der Waals surface area contributed by atoms with Gasteiger partial charge in [0.1, 0.15) is 5.82 Å². The normalized spacial score (nSPS) is 24.7. The van der Waals surface area contributed by atoms with Crippen LogP contribution in [0.25, 0.3) is 0 Å². The van der Waals surface area contributed by atoms with Crippen molar-refractivity contribution in [2.45, 2.75) is 63.4 Å². The lowest BCUT2D eigenvalue weighted by atomic mass is 10.0. The molecule has 24 heavy (non-hydrogen) atoms. The van der Waals surface area contributed by atoms with Gasteiger partial charge in [0.15, 0.2) is 0 Å². The SMILES string of the molecule is C=CCN1[C@@H]([C@H](C)NS(=O)C(C)(C)C)CC[C@H]1c1cccc(F)c1. The molecule has 1 saturated heterocycles. The summed E-state index contributed by atoms with van der Waals surface area (Å²) in [4.78, 5) is 2.35. The van der Waals surface area contributed by atoms with E-state index in [2.05, 4.69) is 23.1 Å². The van der Waals surface area contributed by atoms with Gasteiger partial charge in [-0.2, -0.15) is 0 Å². The molecule has 0 saturated carbocycles. The Bertz CT molecular complexity index is 599. The van der Waals surface area contributed by atoms with Crippen LogP contribution in [-0.2, 0) is 11.0 Å². The summed E-state index contributed by atoms with van der Waals surface area (Å²) in [5.74, 6) is -0.200. The molecule has 0 aliphatic carbocycles. The summed E-state index contributed by atoms with van der Waals surface area (Å²) in [5, 5.41) is 0. The van der Waals surface area contributed by atoms with E-state index < -0.39 is 11.0 Å². The lowest BCUT2D eigenvalue weighted by Crippen LogP contribution is -2.49. The Kier molecular flexibility index (Phi) is 6.34. The van der Waals surface area contributed by atoms with Crippen LogP contribution < -0.4 is 4.72 Å². The van der Waals surface area contributed by atoms with Crippen molar-refractivity contribution in [3.8, 4) is 0 Å². The van der Waals surface area contributed by atoms with Gasteiger partial charge in [-0.05, 0) is 58.2 Å². The minimum absolute atomic E-state index is 0.0866. The molecule has 1 heterocycles. The van der Waals surface area contributed by atoms with Crippen LogP contribution in [0, 0.1) is 5.82 Å². The van der Waals surface area contributed by atoms with Crippen molar-refractivity contribution in [2.24, 2.45) is 0 Å². The van der Waals surface area contributed by atoms with Crippen LogP contribution in [0.1, 0.15) is 52.1 Å². The molecule has 3 nitrogen and oxygen atoms in total. The summed E-state index contributed by atoms with van der Waals surface area (Å²) in [6.07, 6.45) is 3.85. The summed E-state index contributed by atoms with van der Waals surface area (Å²) in [7, 11) is -1.10. The Morgan fingerprint density at radius 3 is 2.75 bits per heavy atom. The standard InChI is InChI=1S/C19H29FN2OS/c1-6-12-22-17(14(2)21-24(23)19(3,4)5)10-11-18(22)15-8-7-9-16(20)13-15/h6-9,13-14,17-18,21H,1,10-12H2,2-5H3/t14-,17+,18-,24?/m0/s1. The molecule has 1 aliphatic rings. The fourth-order valence-corrected chi connectivity index (χ4v) is 4.18. The lowest BCUT2D eigenvalue weighted by Gasteiger charge is -2.34. The summed E-state index contributed by atoms with van der Waals surface area (Å²) in [6.45, 7) is 12.6. The first kappa shape index (κ1) is 19.3. The van der Waals surface area contributed by atoms with Crippen molar-refractivity contribution in [3.05, 3.63) is 48.3 Å². The van der Waals surface area contributed by atoms with Gasteiger partial charge in [0.2, 0.25) is 0 Å². The molecule has 1 fully saturated rings. The molecule has 2 rings (SSSR count). The van der Waals surface area contributed by atoms with E-state index >= 15 is 0 Å². The van der Waals surface area contributed by atoms with E-state index in [0.717, 1.165) is 24.9 Å². The van der Waals surface area contributed by atoms with E-state index in [1.165, 1.54) is 6.07 Å². The summed E-state index contributed by atoms with van der Waals surface area (Å²) in [5.41, 5.74) is 1.00. The number of likely N-dealkylation sites (tertiary alicyclic amines) is 1. The van der Waals surface area contributed by atoms with Crippen molar-refractivity contribution in [1.82, 2.24) is 9.62 Å². The number of hydrogen-bond acceptors (Lipinski definition) is 2. The van der Waals surface area contributed by atoms with Gasteiger partial charge in [0.25, 0.3) is 0 Å². The third-order valence-corrected chi connectivity index (χ3v) is 6.26. The Hall–Kier alpha value is -1.04. The quantitative estimate of drug-likeness (QED) is 0.786. The molecule has 0 bridgehead atoms. The Balaban J connectivity index is 2.16. The van der Waals surface area contributed by atoms with Crippen molar-refractivity contribution in [3.63, 3.8) is 0 Å². The first-order valence-corrected chi connectivity index (χ1v) is 9.69. The van der Waals surface area contributed by atoms with Crippen LogP contribution in [0.5, 0.6) is 0 Å². The van der Waals surface area contributed by atoms with E-state index in [-0.39, 0.29) is 28.7 Å². The summed E-state index contributed by atoms with van der Waals surface area (Å²) >= 11 is 0. The maximum Gasteiger partial charge on any atom is 0.123 e. The van der Waals surface area contributed by atoms with E-state index in [1.54, 1.807) is 12.1 Å². The smallest absolute Gasteiger partial charge is 0.123 e. The van der Waals surface area contributed by atoms with Gasteiger partial charge >= 0.3 is 0 Å². The molecule has 1 aromatic rings. The van der Waals surface area contributed by atoms with Gasteiger partial charge in [-0.15, -0.1) is 6.58 Å². The maximum absolute atomic E-state index is 13.6. The molecule has 1 unspecified atom stereocenters. The molecule has 4 atom stereocenters. The zero-order chi connectivity index (χ0) is 17.9. The molecular formula is C19H29FN2OS. The fraction of sp³-hybridized carbons (Fsp3) is 0.579. The van der Waals surface area contributed by atoms with Gasteiger partial charge in [-0.25, -0.2) is 13.3 Å². The van der Waals surface area contributed by atoms with E-state index in [4.69, 9.17) is 0 Å². The highest BCUT2D eigenvalue weighted by atomic mass is 32.2. The average Bonchev–Trinajstić information content (AvgIpc) is 2.90. The Morgan fingerprint density at radius 1 is 1.46 bits per heavy atom. The van der Waals surface area contributed by atoms with Crippen LogP contribution in [0.4, 0.5) is 4.39 Å². The van der Waals surface area contributed by atoms with Gasteiger partial charge in [-0.3, -0.25) is 4.90 Å². The number of hydrogen-bond donors (Lipinski definition) is 1. The molecule has 0 spiro atoms. The van der Waals surface area contributed by atoms with Gasteiger partial charge in [0.05, 0.1) is 15.7 Å². The monoisotopic (exact) mass is 352 g/mol. The molecule has 0 radical (unpaired) electrons. The van der Waals surface area contributed by atoms with Gasteiger partial charge in [0, 0.05) is 24.7 Å². The third-order valence-electron chi connectivity index (χ3n) is 4.56. The largest absolute Gasteiger partial charge is 0.288 e. The molecule has 1 N–H and O–H groups in total. The number of nitrogens with one attached hydrogen (secondary N) is 1. The molecule has 5 heteroatoms. The predicted molar refractivity (Wildman–Crippen MR) is 99.6 cm³/mol. The number of halogens is 1. The van der Waals surface area contributed by atoms with Crippen molar-refractivity contribution < 1.29 is 8.60 Å². The summed E-state index contributed by atoms with van der Waals surface area (Å²) < 4.78 is 29.0. The van der Waals surface area contributed by atoms with Crippen LogP contribution in [0.15, 0.2) is 36.9 Å². The first-order valence-electron chi connectivity index (χ1n) is 8.54. The second-order valence-electron chi connectivity index (χ2n) is 7.49. The molecule has 1 aliphatic heterocycles. The van der Waals surface area contributed by atoms with E-state index in [9.17, 15) is 8.60 Å². The fourth-order valence-electron chi connectivity index (χ4n) is 3.34. The van der Waals surface area contributed by atoms with Crippen molar-refractivity contribution in [1.29, 1.82) is 0 Å². The number of nitrogens with zero attached hydrogens (tertiary/aromatic N) is 1. The second-order valence-corrected chi connectivity index (χ2v) is 9.49. The highest BCUT2D eigenvalue weighted by molar-refractivity contribution is 7.84. The topological polar surface area (TPSA) is 32.3 Å². The van der Waals surface area contributed by atoms with E-state index in [0.29, 0.717) is 0 Å². The van der Waals surface area contributed by atoms with Crippen LogP contribution in [0.3, 0.4) is 0 Å². The Labute approximate surface area is 147 Å². The van der Waals surface area contributed by atoms with Crippen molar-refractivity contribution >= 4 is 11.0 Å². The lowest BCUT2D eigenvalue weighted by molar-refractivity contribution is 0.192. The zero-order valence-electron chi connectivity index (χ0n) is 15.1. The highest BCUT2D eigenvalue weighted by Crippen LogP contribution is 2.37. The maximum atomic E-state index is 13.6. The minimum atomic E-state index is -1.10. The molecule has 134 valence electrons. The summed E-state index contributed by atoms with van der Waals surface area (Å²) in [6, 6.07) is 7.36. The molecule has 1 aromatic carbocycles. The molecule has 0 amide bonds. The third kappa shape index (κ3) is 4.52. The minimum Gasteiger partial charge on any atom is -0.288 e. The average molecular weight is 353 g/mol. The number of rotatable bonds is 6. The van der Waals surface area contributed by atoms with Gasteiger partial charge < -0.3 is 0 Å². The highest BCUT2D eigenvalue weighted by Gasteiger charge is 2.37. The van der Waals surface area contributed by atoms with Crippen LogP contribution >= 0.6 is 0 Å². The predicted octanol–water partition coefficient (Wildman–Crippen LogP) is 3.96. The molecule has 0 aromatic heterocycles. The second kappa shape index (κ2) is 7.89. The van der Waals surface area contributed by atoms with E-state index in [1.807, 2.05) is 32.9 Å². The molecular weight excluding hydrogens is 323 g/mol. The first-order chi connectivity index (χ1) is 11.2. The van der Waals surface area contributed by atoms with Crippen molar-refractivity contribution in [2.75, 3.05) is 6.54 Å².